The normalized spacial score (nSPS) is 19.2. The summed E-state index contributed by atoms with van der Waals surface area (Å²) in [5, 5.41) is -0.144. The molecule has 2 fully saturated rings. The van der Waals surface area contributed by atoms with E-state index in [0.717, 1.165) is 34.3 Å². The zero-order chi connectivity index (χ0) is 18.9. The minimum Gasteiger partial charge on any atom is -0.339 e. The van der Waals surface area contributed by atoms with E-state index in [-0.39, 0.29) is 43.9 Å². The Bertz CT molecular complexity index is 806. The molecule has 2 aliphatic heterocycles. The second-order valence-electron chi connectivity index (χ2n) is 5.87. The fourth-order valence-corrected chi connectivity index (χ4v) is 5.22. The van der Waals surface area contributed by atoms with E-state index in [9.17, 15) is 26.8 Å². The molecule has 0 atom stereocenters. The van der Waals surface area contributed by atoms with Gasteiger partial charge in [-0.25, -0.2) is 17.2 Å². The maximum atomic E-state index is 13.8. The second kappa shape index (κ2) is 7.49. The van der Waals surface area contributed by atoms with Crippen LogP contribution in [-0.4, -0.2) is 78.7 Å². The Kier molecular flexibility index (Phi) is 5.49. The van der Waals surface area contributed by atoms with Crippen molar-refractivity contribution >= 4 is 32.9 Å². The largest absolute Gasteiger partial charge is 0.339 e. The van der Waals surface area contributed by atoms with Crippen LogP contribution in [0.25, 0.3) is 0 Å². The number of carbonyl (C=O) groups is 2. The fraction of sp³-hybridized carbons (Fsp3) is 0.467. The van der Waals surface area contributed by atoms with E-state index in [2.05, 4.69) is 0 Å². The molecule has 1 aromatic carbocycles. The van der Waals surface area contributed by atoms with Crippen molar-refractivity contribution in [2.75, 3.05) is 45.0 Å². The van der Waals surface area contributed by atoms with Gasteiger partial charge in [0.15, 0.2) is 4.90 Å². The topological polar surface area (TPSA) is 78.0 Å². The monoisotopic (exact) mass is 405 g/mol. The molecular weight excluding hydrogens is 388 g/mol. The van der Waals surface area contributed by atoms with Gasteiger partial charge in [-0.15, -0.1) is 0 Å². The number of benzene rings is 1. The molecule has 0 radical (unpaired) electrons. The van der Waals surface area contributed by atoms with Crippen LogP contribution < -0.4 is 0 Å². The minimum absolute atomic E-state index is 0.0411. The highest BCUT2D eigenvalue weighted by atomic mass is 32.2. The Morgan fingerprint density at radius 2 is 1.69 bits per heavy atom. The number of sulfonamides is 1. The van der Waals surface area contributed by atoms with Crippen molar-refractivity contribution in [2.24, 2.45) is 0 Å². The van der Waals surface area contributed by atoms with Gasteiger partial charge in [0.25, 0.3) is 5.24 Å². The lowest BCUT2D eigenvalue weighted by atomic mass is 10.3. The van der Waals surface area contributed by atoms with Gasteiger partial charge in [-0.05, 0) is 12.1 Å². The molecule has 2 heterocycles. The van der Waals surface area contributed by atoms with Crippen molar-refractivity contribution in [2.45, 2.75) is 4.90 Å². The average Bonchev–Trinajstić information content (AvgIpc) is 2.99. The van der Waals surface area contributed by atoms with Crippen LogP contribution in [0, 0.1) is 11.6 Å². The lowest BCUT2D eigenvalue weighted by Crippen LogP contribution is -2.52. The summed E-state index contributed by atoms with van der Waals surface area (Å²) < 4.78 is 53.6. The summed E-state index contributed by atoms with van der Waals surface area (Å²) in [5.41, 5.74) is 0. The van der Waals surface area contributed by atoms with Crippen molar-refractivity contribution < 1.29 is 26.8 Å². The summed E-state index contributed by atoms with van der Waals surface area (Å²) in [5.74, 6) is -1.91. The average molecular weight is 405 g/mol. The maximum Gasteiger partial charge on any atom is 0.282 e. The zero-order valence-electron chi connectivity index (χ0n) is 13.7. The summed E-state index contributed by atoms with van der Waals surface area (Å²) in [7, 11) is -4.33. The molecule has 0 aliphatic carbocycles. The summed E-state index contributed by atoms with van der Waals surface area (Å²) in [6, 6.07) is 2.87. The van der Waals surface area contributed by atoms with E-state index >= 15 is 0 Å². The third-order valence-corrected chi connectivity index (χ3v) is 7.12. The first-order chi connectivity index (χ1) is 12.3. The number of nitrogens with zero attached hydrogens (tertiary/aromatic N) is 3. The molecule has 2 amide bonds. The van der Waals surface area contributed by atoms with E-state index in [4.69, 9.17) is 0 Å². The summed E-state index contributed by atoms with van der Waals surface area (Å²) in [4.78, 5) is 25.8. The number of piperazine rings is 1. The van der Waals surface area contributed by atoms with Crippen LogP contribution in [0.4, 0.5) is 13.6 Å². The predicted molar refractivity (Wildman–Crippen MR) is 91.1 cm³/mol. The highest BCUT2D eigenvalue weighted by molar-refractivity contribution is 8.13. The maximum absolute atomic E-state index is 13.8. The smallest absolute Gasteiger partial charge is 0.282 e. The second-order valence-corrected chi connectivity index (χ2v) is 8.79. The van der Waals surface area contributed by atoms with Gasteiger partial charge in [0.1, 0.15) is 18.2 Å². The van der Waals surface area contributed by atoms with Crippen molar-refractivity contribution in [3.05, 3.63) is 29.8 Å². The Labute approximate surface area is 154 Å². The molecule has 2 saturated heterocycles. The van der Waals surface area contributed by atoms with Crippen LogP contribution >= 0.6 is 11.8 Å². The Hall–Kier alpha value is -1.72. The first kappa shape index (κ1) is 19.1. The van der Waals surface area contributed by atoms with Crippen molar-refractivity contribution in [1.29, 1.82) is 0 Å². The molecule has 7 nitrogen and oxygen atoms in total. The van der Waals surface area contributed by atoms with Crippen molar-refractivity contribution in [3.8, 4) is 0 Å². The van der Waals surface area contributed by atoms with Crippen LogP contribution in [0.3, 0.4) is 0 Å². The number of hydrogen-bond donors (Lipinski definition) is 0. The van der Waals surface area contributed by atoms with Gasteiger partial charge in [0.05, 0.1) is 0 Å². The quantitative estimate of drug-likeness (QED) is 0.746. The van der Waals surface area contributed by atoms with Crippen LogP contribution in [0.1, 0.15) is 0 Å². The van der Waals surface area contributed by atoms with E-state index in [1.165, 1.54) is 9.80 Å². The molecule has 0 saturated carbocycles. The first-order valence-corrected chi connectivity index (χ1v) is 10.4. The van der Waals surface area contributed by atoms with Gasteiger partial charge >= 0.3 is 0 Å². The number of carbonyl (C=O) groups excluding carboxylic acids is 2. The number of thioether (sulfide) groups is 1. The molecule has 0 unspecified atom stereocenters. The highest BCUT2D eigenvalue weighted by Crippen LogP contribution is 2.24. The Morgan fingerprint density at radius 1 is 1.08 bits per heavy atom. The van der Waals surface area contributed by atoms with Gasteiger partial charge in [0, 0.05) is 38.5 Å². The number of amides is 2. The molecule has 0 bridgehead atoms. The lowest BCUT2D eigenvalue weighted by molar-refractivity contribution is -0.132. The number of rotatable bonds is 4. The minimum atomic E-state index is -4.33. The third-order valence-electron chi connectivity index (χ3n) is 4.28. The van der Waals surface area contributed by atoms with Gasteiger partial charge in [-0.3, -0.25) is 9.59 Å². The molecule has 3 rings (SSSR count). The summed E-state index contributed by atoms with van der Waals surface area (Å²) >= 11 is 1.16. The first-order valence-electron chi connectivity index (χ1n) is 7.94. The molecule has 142 valence electrons. The number of halogens is 2. The van der Waals surface area contributed by atoms with Gasteiger partial charge in [-0.1, -0.05) is 17.8 Å². The molecule has 0 N–H and O–H groups in total. The molecular formula is C15H17F2N3O4S2. The summed E-state index contributed by atoms with van der Waals surface area (Å²) in [6.07, 6.45) is 0. The van der Waals surface area contributed by atoms with Crippen LogP contribution in [0.5, 0.6) is 0 Å². The molecule has 26 heavy (non-hydrogen) atoms. The summed E-state index contributed by atoms with van der Waals surface area (Å²) in [6.45, 7) is 0.540. The van der Waals surface area contributed by atoms with Crippen LogP contribution in [0.2, 0.25) is 0 Å². The molecule has 0 spiro atoms. The highest BCUT2D eigenvalue weighted by Gasteiger charge is 2.34. The van der Waals surface area contributed by atoms with Crippen molar-refractivity contribution in [1.82, 2.24) is 14.1 Å². The van der Waals surface area contributed by atoms with Crippen LogP contribution in [0.15, 0.2) is 23.1 Å². The molecule has 2 aliphatic rings. The molecule has 1 aromatic rings. The van der Waals surface area contributed by atoms with E-state index in [1.54, 1.807) is 0 Å². The molecule has 0 aromatic heterocycles. The van der Waals surface area contributed by atoms with Crippen LogP contribution in [-0.2, 0) is 14.8 Å². The predicted octanol–water partition coefficient (Wildman–Crippen LogP) is 0.966. The standard InChI is InChI=1S/C15H17F2N3O4S2/c16-11-2-1-3-12(17)14(11)26(23,24)20-6-4-18(5-7-20)13(21)10-19-8-9-25-15(19)22/h1-3H,4-10H2. The van der Waals surface area contributed by atoms with Gasteiger partial charge in [-0.2, -0.15) is 4.31 Å². The van der Waals surface area contributed by atoms with E-state index in [1.807, 2.05) is 0 Å². The zero-order valence-corrected chi connectivity index (χ0v) is 15.4. The van der Waals surface area contributed by atoms with Gasteiger partial charge < -0.3 is 9.80 Å². The Balaban J connectivity index is 1.64. The van der Waals surface area contributed by atoms with Crippen molar-refractivity contribution in [3.63, 3.8) is 0 Å². The Morgan fingerprint density at radius 3 is 2.23 bits per heavy atom. The van der Waals surface area contributed by atoms with E-state index < -0.39 is 26.6 Å². The van der Waals surface area contributed by atoms with Gasteiger partial charge in [0.2, 0.25) is 15.9 Å². The SMILES string of the molecule is O=C(CN1CCSC1=O)N1CCN(S(=O)(=O)c2c(F)cccc2F)CC1. The number of hydrogen-bond acceptors (Lipinski definition) is 5. The third kappa shape index (κ3) is 3.69. The fourth-order valence-electron chi connectivity index (χ4n) is 2.87. The molecule has 11 heteroatoms. The van der Waals surface area contributed by atoms with E-state index in [0.29, 0.717) is 12.3 Å². The lowest BCUT2D eigenvalue weighted by Gasteiger charge is -2.34.